The van der Waals surface area contributed by atoms with Crippen LogP contribution in [0.2, 0.25) is 0 Å². The molecule has 1 aromatic carbocycles. The molecular formula is C15H19F3N2O2. The number of alkyl halides is 3. The highest BCUT2D eigenvalue weighted by Gasteiger charge is 2.40. The van der Waals surface area contributed by atoms with E-state index in [9.17, 15) is 18.0 Å². The normalized spacial score (nSPS) is 22.2. The van der Waals surface area contributed by atoms with E-state index in [2.05, 4.69) is 0 Å². The third kappa shape index (κ3) is 2.90. The summed E-state index contributed by atoms with van der Waals surface area (Å²) >= 11 is 0. The summed E-state index contributed by atoms with van der Waals surface area (Å²) < 4.78 is 43.8. The number of rotatable bonds is 3. The van der Waals surface area contributed by atoms with E-state index in [1.165, 1.54) is 6.07 Å². The second-order valence-electron chi connectivity index (χ2n) is 5.99. The molecule has 0 radical (unpaired) electrons. The van der Waals surface area contributed by atoms with Gasteiger partial charge >= 0.3 is 6.18 Å². The van der Waals surface area contributed by atoms with Gasteiger partial charge in [0.25, 0.3) is 6.47 Å². The van der Waals surface area contributed by atoms with Gasteiger partial charge in [0.15, 0.2) is 5.72 Å². The largest absolute Gasteiger partial charge is 0.442 e. The number of hydrogen-bond donors (Lipinski definition) is 1. The fourth-order valence-electron chi connectivity index (χ4n) is 3.08. The summed E-state index contributed by atoms with van der Waals surface area (Å²) in [5.41, 5.74) is 5.29. The highest BCUT2D eigenvalue weighted by molar-refractivity contribution is 5.61. The average Bonchev–Trinajstić information content (AvgIpc) is 2.36. The van der Waals surface area contributed by atoms with E-state index in [0.717, 1.165) is 12.1 Å². The molecule has 0 bridgehead atoms. The molecule has 0 aliphatic carbocycles. The van der Waals surface area contributed by atoms with Crippen molar-refractivity contribution in [3.63, 3.8) is 0 Å². The van der Waals surface area contributed by atoms with Crippen LogP contribution in [0.15, 0.2) is 18.2 Å². The standard InChI is InChI=1S/C15H19F3N2O2/c1-9-6-12(19)11-7-10(15(16,17)18)4-5-13(11)20(9)14(2,3)22-8-21/h4-5,7-9,12H,6,19H2,1-3H3. The van der Waals surface area contributed by atoms with Gasteiger partial charge in [-0.2, -0.15) is 13.2 Å². The Morgan fingerprint density at radius 3 is 2.55 bits per heavy atom. The van der Waals surface area contributed by atoms with E-state index >= 15 is 0 Å². The Labute approximate surface area is 127 Å². The van der Waals surface area contributed by atoms with Crippen LogP contribution in [0.3, 0.4) is 0 Å². The molecule has 0 aromatic heterocycles. The zero-order valence-corrected chi connectivity index (χ0v) is 12.6. The second kappa shape index (κ2) is 5.46. The lowest BCUT2D eigenvalue weighted by Crippen LogP contribution is -2.54. The summed E-state index contributed by atoms with van der Waals surface area (Å²) in [4.78, 5) is 12.5. The third-order valence-corrected chi connectivity index (χ3v) is 3.97. The van der Waals surface area contributed by atoms with Gasteiger partial charge < -0.3 is 15.4 Å². The Kier molecular flexibility index (Phi) is 4.12. The van der Waals surface area contributed by atoms with Gasteiger partial charge in [0.2, 0.25) is 0 Å². The van der Waals surface area contributed by atoms with Crippen molar-refractivity contribution in [2.75, 3.05) is 4.90 Å². The van der Waals surface area contributed by atoms with Gasteiger partial charge in [-0.3, -0.25) is 4.79 Å². The van der Waals surface area contributed by atoms with E-state index in [1.807, 2.05) is 6.92 Å². The topological polar surface area (TPSA) is 55.6 Å². The van der Waals surface area contributed by atoms with Crippen LogP contribution in [-0.2, 0) is 15.7 Å². The fourth-order valence-corrected chi connectivity index (χ4v) is 3.08. The number of hydrogen-bond acceptors (Lipinski definition) is 4. The summed E-state index contributed by atoms with van der Waals surface area (Å²) in [5.74, 6) is 0. The number of halogens is 3. The van der Waals surface area contributed by atoms with Crippen LogP contribution in [0.1, 0.15) is 44.4 Å². The minimum Gasteiger partial charge on any atom is -0.442 e. The molecule has 0 saturated carbocycles. The van der Waals surface area contributed by atoms with E-state index in [-0.39, 0.29) is 6.04 Å². The first kappa shape index (κ1) is 16.6. The fraction of sp³-hybridized carbons (Fsp3) is 0.533. The van der Waals surface area contributed by atoms with E-state index < -0.39 is 23.5 Å². The smallest absolute Gasteiger partial charge is 0.416 e. The number of anilines is 1. The Bertz CT molecular complexity index is 572. The molecule has 0 spiro atoms. The number of nitrogens with zero attached hydrogens (tertiary/aromatic N) is 1. The molecule has 0 amide bonds. The van der Waals surface area contributed by atoms with Crippen LogP contribution < -0.4 is 10.6 Å². The first-order valence-corrected chi connectivity index (χ1v) is 6.95. The van der Waals surface area contributed by atoms with Crippen molar-refractivity contribution in [1.29, 1.82) is 0 Å². The van der Waals surface area contributed by atoms with Crippen LogP contribution in [0.4, 0.5) is 18.9 Å². The van der Waals surface area contributed by atoms with Crippen molar-refractivity contribution in [1.82, 2.24) is 0 Å². The van der Waals surface area contributed by atoms with Crippen molar-refractivity contribution in [3.05, 3.63) is 29.3 Å². The molecule has 2 unspecified atom stereocenters. The van der Waals surface area contributed by atoms with Crippen molar-refractivity contribution < 1.29 is 22.7 Å². The molecule has 4 nitrogen and oxygen atoms in total. The van der Waals surface area contributed by atoms with Gasteiger partial charge in [0, 0.05) is 17.8 Å². The third-order valence-electron chi connectivity index (χ3n) is 3.97. The van der Waals surface area contributed by atoms with Crippen LogP contribution in [0, 0.1) is 0 Å². The molecule has 22 heavy (non-hydrogen) atoms. The molecule has 1 aliphatic rings. The molecule has 0 fully saturated rings. The molecule has 0 saturated heterocycles. The molecule has 1 heterocycles. The molecule has 7 heteroatoms. The number of carbonyl (C=O) groups excluding carboxylic acids is 1. The molecule has 2 atom stereocenters. The summed E-state index contributed by atoms with van der Waals surface area (Å²) in [6, 6.07) is 2.93. The van der Waals surface area contributed by atoms with Crippen molar-refractivity contribution in [3.8, 4) is 0 Å². The molecule has 2 N–H and O–H groups in total. The molecule has 1 aromatic rings. The Balaban J connectivity index is 2.54. The zero-order chi connectivity index (χ0) is 16.7. The quantitative estimate of drug-likeness (QED) is 0.870. The average molecular weight is 316 g/mol. The van der Waals surface area contributed by atoms with Crippen LogP contribution in [0.25, 0.3) is 0 Å². The SMILES string of the molecule is CC1CC(N)c2cc(C(F)(F)F)ccc2N1C(C)(C)OC=O. The number of carbonyl (C=O) groups is 1. The van der Waals surface area contributed by atoms with E-state index in [1.54, 1.807) is 18.7 Å². The second-order valence-corrected chi connectivity index (χ2v) is 5.99. The van der Waals surface area contributed by atoms with Crippen molar-refractivity contribution >= 4 is 12.2 Å². The monoisotopic (exact) mass is 316 g/mol. The van der Waals surface area contributed by atoms with Crippen molar-refractivity contribution in [2.45, 2.75) is 51.2 Å². The maximum Gasteiger partial charge on any atom is 0.416 e. The summed E-state index contributed by atoms with van der Waals surface area (Å²) in [5, 5.41) is 0. The maximum atomic E-state index is 12.9. The molecular weight excluding hydrogens is 297 g/mol. The molecule has 2 rings (SSSR count). The van der Waals surface area contributed by atoms with Gasteiger partial charge in [-0.05, 0) is 51.0 Å². The van der Waals surface area contributed by atoms with Gasteiger partial charge in [0.05, 0.1) is 5.56 Å². The van der Waals surface area contributed by atoms with E-state index in [4.69, 9.17) is 10.5 Å². The Hall–Kier alpha value is -1.76. The van der Waals surface area contributed by atoms with Gasteiger partial charge in [-0.1, -0.05) is 0 Å². The van der Waals surface area contributed by atoms with Gasteiger partial charge in [-0.15, -0.1) is 0 Å². The predicted molar refractivity (Wildman–Crippen MR) is 76.2 cm³/mol. The van der Waals surface area contributed by atoms with Gasteiger partial charge in [-0.25, -0.2) is 0 Å². The first-order valence-electron chi connectivity index (χ1n) is 6.95. The lowest BCUT2D eigenvalue weighted by molar-refractivity contribution is -0.140. The number of fused-ring (bicyclic) bond motifs is 1. The Morgan fingerprint density at radius 1 is 1.36 bits per heavy atom. The Morgan fingerprint density at radius 2 is 2.00 bits per heavy atom. The zero-order valence-electron chi connectivity index (χ0n) is 12.6. The highest BCUT2D eigenvalue weighted by atomic mass is 19.4. The van der Waals surface area contributed by atoms with Crippen molar-refractivity contribution in [2.24, 2.45) is 5.73 Å². The summed E-state index contributed by atoms with van der Waals surface area (Å²) in [6.45, 7) is 5.62. The van der Waals surface area contributed by atoms with Crippen LogP contribution in [0.5, 0.6) is 0 Å². The lowest BCUT2D eigenvalue weighted by Gasteiger charge is -2.47. The molecule has 122 valence electrons. The van der Waals surface area contributed by atoms with Crippen LogP contribution in [-0.4, -0.2) is 18.2 Å². The lowest BCUT2D eigenvalue weighted by atomic mass is 9.89. The van der Waals surface area contributed by atoms with E-state index in [0.29, 0.717) is 24.1 Å². The molecule has 1 aliphatic heterocycles. The minimum absolute atomic E-state index is 0.0748. The number of nitrogens with two attached hydrogens (primary N) is 1. The first-order chi connectivity index (χ1) is 10.1. The minimum atomic E-state index is -4.42. The summed E-state index contributed by atoms with van der Waals surface area (Å²) in [7, 11) is 0. The summed E-state index contributed by atoms with van der Waals surface area (Å²) in [6.07, 6.45) is -3.95. The number of ether oxygens (including phenoxy) is 1. The highest BCUT2D eigenvalue weighted by Crippen LogP contribution is 2.42. The number of benzene rings is 1. The maximum absolute atomic E-state index is 12.9. The van der Waals surface area contributed by atoms with Gasteiger partial charge in [0.1, 0.15) is 0 Å². The predicted octanol–water partition coefficient (Wildman–Crippen LogP) is 3.21. The van der Waals surface area contributed by atoms with Crippen LogP contribution >= 0.6 is 0 Å².